The van der Waals surface area contributed by atoms with Gasteiger partial charge in [0.2, 0.25) is 5.91 Å². The van der Waals surface area contributed by atoms with E-state index in [4.69, 9.17) is 5.73 Å². The van der Waals surface area contributed by atoms with Crippen molar-refractivity contribution >= 4 is 11.8 Å². The van der Waals surface area contributed by atoms with Crippen molar-refractivity contribution in [2.75, 3.05) is 13.1 Å². The van der Waals surface area contributed by atoms with Gasteiger partial charge in [0, 0.05) is 24.7 Å². The van der Waals surface area contributed by atoms with Crippen LogP contribution in [0.3, 0.4) is 0 Å². The number of likely N-dealkylation sites (tertiary alicyclic amines) is 1. The number of nitrogens with one attached hydrogen (secondary N) is 1. The van der Waals surface area contributed by atoms with Crippen molar-refractivity contribution in [3.8, 4) is 11.1 Å². The molecule has 2 aromatic rings. The Balaban J connectivity index is 1.54. The van der Waals surface area contributed by atoms with Gasteiger partial charge in [0.15, 0.2) is 0 Å². The molecule has 3 rings (SSSR count). The van der Waals surface area contributed by atoms with E-state index in [0.29, 0.717) is 24.6 Å². The van der Waals surface area contributed by atoms with Crippen molar-refractivity contribution < 1.29 is 9.59 Å². The molecule has 5 heteroatoms. The number of piperidine rings is 1. The summed E-state index contributed by atoms with van der Waals surface area (Å²) < 4.78 is 0. The molecule has 2 atom stereocenters. The van der Waals surface area contributed by atoms with Crippen molar-refractivity contribution in [1.29, 1.82) is 0 Å². The lowest BCUT2D eigenvalue weighted by molar-refractivity contribution is -0.133. The maximum absolute atomic E-state index is 12.6. The van der Waals surface area contributed by atoms with Crippen LogP contribution in [0.1, 0.15) is 37.0 Å². The maximum atomic E-state index is 12.6. The molecule has 1 fully saturated rings. The van der Waals surface area contributed by atoms with Crippen LogP contribution in [0, 0.1) is 5.92 Å². The molecule has 28 heavy (non-hydrogen) atoms. The molecule has 0 aliphatic carbocycles. The summed E-state index contributed by atoms with van der Waals surface area (Å²) >= 11 is 0. The van der Waals surface area contributed by atoms with Crippen molar-refractivity contribution in [3.63, 3.8) is 0 Å². The third-order valence-corrected chi connectivity index (χ3v) is 5.56. The van der Waals surface area contributed by atoms with Gasteiger partial charge in [0.05, 0.1) is 6.04 Å². The Kier molecular flexibility index (Phi) is 6.47. The highest BCUT2D eigenvalue weighted by atomic mass is 16.2. The van der Waals surface area contributed by atoms with Crippen LogP contribution in [0.4, 0.5) is 0 Å². The van der Waals surface area contributed by atoms with Crippen molar-refractivity contribution in [3.05, 3.63) is 60.2 Å². The van der Waals surface area contributed by atoms with Gasteiger partial charge in [0.1, 0.15) is 0 Å². The van der Waals surface area contributed by atoms with E-state index in [1.165, 1.54) is 0 Å². The number of hydrogen-bond donors (Lipinski definition) is 2. The molecule has 1 saturated heterocycles. The summed E-state index contributed by atoms with van der Waals surface area (Å²) in [5.41, 5.74) is 8.58. The summed E-state index contributed by atoms with van der Waals surface area (Å²) in [5.74, 6) is 0.319. The van der Waals surface area contributed by atoms with E-state index in [1.807, 2.05) is 54.3 Å². The number of rotatable bonds is 5. The van der Waals surface area contributed by atoms with Crippen molar-refractivity contribution in [1.82, 2.24) is 10.2 Å². The highest BCUT2D eigenvalue weighted by Crippen LogP contribution is 2.22. The zero-order valence-electron chi connectivity index (χ0n) is 16.6. The first kappa shape index (κ1) is 20.1. The van der Waals surface area contributed by atoms with Crippen LogP contribution < -0.4 is 11.1 Å². The second-order valence-corrected chi connectivity index (χ2v) is 7.66. The molecule has 1 heterocycles. The first-order valence-corrected chi connectivity index (χ1v) is 9.96. The molecule has 148 valence electrons. The number of carbonyl (C=O) groups is 2. The largest absolute Gasteiger partial charge is 0.349 e. The molecular weight excluding hydrogens is 350 g/mol. The standard InChI is InChI=1S/C23H29N3O2/c1-16(24)23(28)26-14-12-18(13-15-26)17(2)25-22(27)21-10-8-20(9-11-21)19-6-4-3-5-7-19/h3-11,16-18H,12-15,24H2,1-2H3,(H,25,27). The first-order valence-electron chi connectivity index (χ1n) is 9.96. The SMILES string of the molecule is CC(N)C(=O)N1CCC(C(C)NC(=O)c2ccc(-c3ccccc3)cc2)CC1. The Morgan fingerprint density at radius 3 is 2.11 bits per heavy atom. The number of nitrogens with two attached hydrogens (primary N) is 1. The van der Waals surface area contributed by atoms with Crippen molar-refractivity contribution in [2.24, 2.45) is 11.7 Å². The fourth-order valence-corrected chi connectivity index (χ4v) is 3.76. The fourth-order valence-electron chi connectivity index (χ4n) is 3.76. The zero-order valence-corrected chi connectivity index (χ0v) is 16.6. The number of hydrogen-bond acceptors (Lipinski definition) is 3. The molecule has 3 N–H and O–H groups in total. The number of nitrogens with zero attached hydrogens (tertiary/aromatic N) is 1. The minimum Gasteiger partial charge on any atom is -0.349 e. The Bertz CT molecular complexity index is 794. The number of carbonyl (C=O) groups excluding carboxylic acids is 2. The molecule has 1 aliphatic rings. The average molecular weight is 380 g/mol. The van der Waals surface area contributed by atoms with Gasteiger partial charge >= 0.3 is 0 Å². The van der Waals surface area contributed by atoms with E-state index in [-0.39, 0.29) is 17.9 Å². The van der Waals surface area contributed by atoms with E-state index in [0.717, 1.165) is 24.0 Å². The predicted molar refractivity (Wildman–Crippen MR) is 112 cm³/mol. The molecule has 2 aromatic carbocycles. The summed E-state index contributed by atoms with van der Waals surface area (Å²) in [7, 11) is 0. The van der Waals surface area contributed by atoms with E-state index < -0.39 is 6.04 Å². The first-order chi connectivity index (χ1) is 13.5. The van der Waals surface area contributed by atoms with Crippen LogP contribution in [0.5, 0.6) is 0 Å². The quantitative estimate of drug-likeness (QED) is 0.838. The smallest absolute Gasteiger partial charge is 0.251 e. The van der Waals surface area contributed by atoms with Gasteiger partial charge in [-0.2, -0.15) is 0 Å². The summed E-state index contributed by atoms with van der Waals surface area (Å²) in [6.45, 7) is 5.18. The van der Waals surface area contributed by atoms with Crippen LogP contribution in [0.2, 0.25) is 0 Å². The van der Waals surface area contributed by atoms with Crippen LogP contribution >= 0.6 is 0 Å². The summed E-state index contributed by atoms with van der Waals surface area (Å²) in [6.07, 6.45) is 1.76. The molecular formula is C23H29N3O2. The second kappa shape index (κ2) is 9.02. The summed E-state index contributed by atoms with van der Waals surface area (Å²) in [5, 5.41) is 3.12. The summed E-state index contributed by atoms with van der Waals surface area (Å²) in [6, 6.07) is 17.4. The van der Waals surface area contributed by atoms with Gasteiger partial charge in [-0.15, -0.1) is 0 Å². The third-order valence-electron chi connectivity index (χ3n) is 5.56. The molecule has 0 spiro atoms. The molecule has 5 nitrogen and oxygen atoms in total. The van der Waals surface area contributed by atoms with Gasteiger partial charge < -0.3 is 16.0 Å². The highest BCUT2D eigenvalue weighted by molar-refractivity contribution is 5.94. The minimum atomic E-state index is -0.451. The Morgan fingerprint density at radius 2 is 1.54 bits per heavy atom. The van der Waals surface area contributed by atoms with Crippen LogP contribution in [0.25, 0.3) is 11.1 Å². The molecule has 2 amide bonds. The van der Waals surface area contributed by atoms with Crippen LogP contribution in [-0.4, -0.2) is 41.9 Å². The Labute approximate surface area is 166 Å². The zero-order chi connectivity index (χ0) is 20.1. The minimum absolute atomic E-state index is 0.00800. The molecule has 0 radical (unpaired) electrons. The predicted octanol–water partition coefficient (Wildman–Crippen LogP) is 3.06. The van der Waals surface area contributed by atoms with Gasteiger partial charge in [-0.1, -0.05) is 42.5 Å². The van der Waals surface area contributed by atoms with E-state index in [9.17, 15) is 9.59 Å². The summed E-state index contributed by atoms with van der Waals surface area (Å²) in [4.78, 5) is 26.4. The van der Waals surface area contributed by atoms with Crippen LogP contribution in [0.15, 0.2) is 54.6 Å². The van der Waals surface area contributed by atoms with Crippen LogP contribution in [-0.2, 0) is 4.79 Å². The van der Waals surface area contributed by atoms with Gasteiger partial charge in [-0.3, -0.25) is 9.59 Å². The average Bonchev–Trinajstić information content (AvgIpc) is 2.74. The molecule has 0 aromatic heterocycles. The van der Waals surface area contributed by atoms with Gasteiger partial charge in [0.25, 0.3) is 5.91 Å². The number of amides is 2. The Morgan fingerprint density at radius 1 is 0.964 bits per heavy atom. The van der Waals surface area contributed by atoms with E-state index in [1.54, 1.807) is 6.92 Å². The third kappa shape index (κ3) is 4.78. The molecule has 1 aliphatic heterocycles. The lowest BCUT2D eigenvalue weighted by Gasteiger charge is -2.35. The fraction of sp³-hybridized carbons (Fsp3) is 0.391. The van der Waals surface area contributed by atoms with E-state index in [2.05, 4.69) is 17.4 Å². The maximum Gasteiger partial charge on any atom is 0.251 e. The topological polar surface area (TPSA) is 75.4 Å². The molecule has 2 unspecified atom stereocenters. The monoisotopic (exact) mass is 379 g/mol. The number of benzene rings is 2. The van der Waals surface area contributed by atoms with E-state index >= 15 is 0 Å². The molecule has 0 saturated carbocycles. The van der Waals surface area contributed by atoms with Gasteiger partial charge in [-0.25, -0.2) is 0 Å². The normalized spacial score (nSPS) is 17.0. The van der Waals surface area contributed by atoms with Crippen molar-refractivity contribution in [2.45, 2.75) is 38.8 Å². The highest BCUT2D eigenvalue weighted by Gasteiger charge is 2.28. The lowest BCUT2D eigenvalue weighted by Crippen LogP contribution is -2.49. The van der Waals surface area contributed by atoms with Gasteiger partial charge in [-0.05, 0) is 55.9 Å². The molecule has 0 bridgehead atoms. The lowest BCUT2D eigenvalue weighted by atomic mass is 9.90. The second-order valence-electron chi connectivity index (χ2n) is 7.66. The Hall–Kier alpha value is -2.66.